The first kappa shape index (κ1) is 22.8. The summed E-state index contributed by atoms with van der Waals surface area (Å²) in [4.78, 5) is 37.7. The second kappa shape index (κ2) is 8.49. The SMILES string of the molecule is Cc1cc2nc(C(F)(F)F)c(=O)n(C(C)C(=O)N3CCN(c4ccccn4)CC3)c2cc1C. The number of amides is 1. The molecule has 33 heavy (non-hydrogen) atoms. The Bertz CT molecular complexity index is 1250. The summed E-state index contributed by atoms with van der Waals surface area (Å²) in [6.07, 6.45) is -3.24. The molecule has 0 aliphatic carbocycles. The van der Waals surface area contributed by atoms with Gasteiger partial charge in [0.15, 0.2) is 0 Å². The van der Waals surface area contributed by atoms with Crippen LogP contribution in [-0.2, 0) is 11.0 Å². The van der Waals surface area contributed by atoms with Gasteiger partial charge in [-0.25, -0.2) is 9.97 Å². The largest absolute Gasteiger partial charge is 0.438 e. The number of benzene rings is 1. The molecule has 1 aliphatic rings. The zero-order chi connectivity index (χ0) is 23.9. The summed E-state index contributed by atoms with van der Waals surface area (Å²) in [5.74, 6) is 0.395. The molecule has 1 aromatic carbocycles. The molecule has 0 saturated carbocycles. The molecule has 0 bridgehead atoms. The monoisotopic (exact) mass is 459 g/mol. The molecule has 7 nitrogen and oxygen atoms in total. The highest BCUT2D eigenvalue weighted by Crippen LogP contribution is 2.29. The number of alkyl halides is 3. The highest BCUT2D eigenvalue weighted by Gasteiger charge is 2.39. The van der Waals surface area contributed by atoms with E-state index in [1.807, 2.05) is 23.1 Å². The zero-order valence-corrected chi connectivity index (χ0v) is 18.6. The van der Waals surface area contributed by atoms with Crippen molar-refractivity contribution in [2.75, 3.05) is 31.1 Å². The summed E-state index contributed by atoms with van der Waals surface area (Å²) >= 11 is 0. The maximum Gasteiger partial charge on any atom is 0.438 e. The summed E-state index contributed by atoms with van der Waals surface area (Å²) in [6.45, 7) is 6.84. The number of hydrogen-bond acceptors (Lipinski definition) is 5. The minimum atomic E-state index is -4.93. The third-order valence-electron chi connectivity index (χ3n) is 6.08. The first-order valence-corrected chi connectivity index (χ1v) is 10.6. The van der Waals surface area contributed by atoms with E-state index in [2.05, 4.69) is 9.97 Å². The summed E-state index contributed by atoms with van der Waals surface area (Å²) in [7, 11) is 0. The molecule has 4 rings (SSSR count). The van der Waals surface area contributed by atoms with E-state index in [1.54, 1.807) is 31.0 Å². The van der Waals surface area contributed by atoms with Crippen molar-refractivity contribution < 1.29 is 18.0 Å². The molecule has 3 aromatic rings. The number of nitrogens with zero attached hydrogens (tertiary/aromatic N) is 5. The average molecular weight is 459 g/mol. The number of fused-ring (bicyclic) bond motifs is 1. The molecule has 0 N–H and O–H groups in total. The van der Waals surface area contributed by atoms with Crippen molar-refractivity contribution in [2.24, 2.45) is 0 Å². The first-order chi connectivity index (χ1) is 15.6. The summed E-state index contributed by atoms with van der Waals surface area (Å²) < 4.78 is 41.7. The molecule has 1 unspecified atom stereocenters. The number of piperazine rings is 1. The fraction of sp³-hybridized carbons (Fsp3) is 0.391. The maximum atomic E-state index is 13.6. The van der Waals surface area contributed by atoms with Gasteiger partial charge in [0.1, 0.15) is 11.9 Å². The first-order valence-electron chi connectivity index (χ1n) is 10.6. The molecule has 174 valence electrons. The lowest BCUT2D eigenvalue weighted by molar-refractivity contribution is -0.143. The summed E-state index contributed by atoms with van der Waals surface area (Å²) in [5, 5.41) is 0. The highest BCUT2D eigenvalue weighted by molar-refractivity contribution is 5.84. The predicted molar refractivity (Wildman–Crippen MR) is 118 cm³/mol. The molecular weight excluding hydrogens is 435 g/mol. The van der Waals surface area contributed by atoms with Crippen LogP contribution in [0.3, 0.4) is 0 Å². The molecule has 1 saturated heterocycles. The number of pyridine rings is 1. The Morgan fingerprint density at radius 3 is 2.33 bits per heavy atom. The van der Waals surface area contributed by atoms with E-state index in [4.69, 9.17) is 0 Å². The topological polar surface area (TPSA) is 71.3 Å². The molecule has 10 heteroatoms. The van der Waals surface area contributed by atoms with E-state index in [1.165, 1.54) is 13.0 Å². The third kappa shape index (κ3) is 4.29. The number of hydrogen-bond donors (Lipinski definition) is 0. The van der Waals surface area contributed by atoms with Crippen LogP contribution < -0.4 is 10.5 Å². The van der Waals surface area contributed by atoms with Gasteiger partial charge in [-0.3, -0.25) is 14.2 Å². The number of aryl methyl sites for hydroxylation is 2. The summed E-state index contributed by atoms with van der Waals surface area (Å²) in [6, 6.07) is 7.59. The van der Waals surface area contributed by atoms with Crippen molar-refractivity contribution >= 4 is 22.8 Å². The predicted octanol–water partition coefficient (Wildman–Crippen LogP) is 3.34. The van der Waals surface area contributed by atoms with E-state index in [0.29, 0.717) is 26.2 Å². The van der Waals surface area contributed by atoms with Gasteiger partial charge in [-0.05, 0) is 56.2 Å². The van der Waals surface area contributed by atoms with Gasteiger partial charge < -0.3 is 9.80 Å². The average Bonchev–Trinajstić information content (AvgIpc) is 2.79. The second-order valence-corrected chi connectivity index (χ2v) is 8.23. The Morgan fingerprint density at radius 2 is 1.73 bits per heavy atom. The Labute approximate surface area is 188 Å². The third-order valence-corrected chi connectivity index (χ3v) is 6.08. The normalized spacial score (nSPS) is 15.7. The van der Waals surface area contributed by atoms with Gasteiger partial charge in [-0.2, -0.15) is 13.2 Å². The number of aromatic nitrogens is 3. The lowest BCUT2D eigenvalue weighted by atomic mass is 10.1. The minimum Gasteiger partial charge on any atom is -0.353 e. The van der Waals surface area contributed by atoms with Crippen LogP contribution in [0.1, 0.15) is 29.8 Å². The van der Waals surface area contributed by atoms with E-state index in [9.17, 15) is 22.8 Å². The van der Waals surface area contributed by atoms with Crippen LogP contribution in [-0.4, -0.2) is 51.5 Å². The van der Waals surface area contributed by atoms with E-state index in [0.717, 1.165) is 21.5 Å². The molecule has 1 amide bonds. The van der Waals surface area contributed by atoms with E-state index >= 15 is 0 Å². The molecule has 0 radical (unpaired) electrons. The van der Waals surface area contributed by atoms with Crippen molar-refractivity contribution in [3.63, 3.8) is 0 Å². The number of carbonyl (C=O) groups excluding carboxylic acids is 1. The van der Waals surface area contributed by atoms with Crippen molar-refractivity contribution in [1.29, 1.82) is 0 Å². The summed E-state index contributed by atoms with van der Waals surface area (Å²) in [5.41, 5.74) is -1.04. The van der Waals surface area contributed by atoms with Crippen molar-refractivity contribution in [3.8, 4) is 0 Å². The van der Waals surface area contributed by atoms with Gasteiger partial charge in [0, 0.05) is 32.4 Å². The molecule has 3 heterocycles. The van der Waals surface area contributed by atoms with Crippen LogP contribution >= 0.6 is 0 Å². The Hall–Kier alpha value is -3.43. The van der Waals surface area contributed by atoms with E-state index < -0.39 is 29.4 Å². The van der Waals surface area contributed by atoms with Crippen molar-refractivity contribution in [2.45, 2.75) is 33.0 Å². The van der Waals surface area contributed by atoms with Crippen molar-refractivity contribution in [3.05, 3.63) is 63.7 Å². The zero-order valence-electron chi connectivity index (χ0n) is 18.6. The maximum absolute atomic E-state index is 13.6. The second-order valence-electron chi connectivity index (χ2n) is 8.23. The fourth-order valence-electron chi connectivity index (χ4n) is 4.10. The van der Waals surface area contributed by atoms with Crippen LogP contribution in [0.2, 0.25) is 0 Å². The van der Waals surface area contributed by atoms with Crippen LogP contribution in [0, 0.1) is 13.8 Å². The van der Waals surface area contributed by atoms with Crippen LogP contribution in [0.4, 0.5) is 19.0 Å². The van der Waals surface area contributed by atoms with Gasteiger partial charge in [0.25, 0.3) is 5.56 Å². The number of halogens is 3. The van der Waals surface area contributed by atoms with Gasteiger partial charge in [0.2, 0.25) is 11.6 Å². The lowest BCUT2D eigenvalue weighted by Gasteiger charge is -2.36. The number of carbonyl (C=O) groups is 1. The molecule has 1 atom stereocenters. The Kier molecular flexibility index (Phi) is 5.85. The Morgan fingerprint density at radius 1 is 1.06 bits per heavy atom. The minimum absolute atomic E-state index is 0.0321. The van der Waals surface area contributed by atoms with Gasteiger partial charge >= 0.3 is 6.18 Å². The quantitative estimate of drug-likeness (QED) is 0.601. The smallest absolute Gasteiger partial charge is 0.353 e. The fourth-order valence-corrected chi connectivity index (χ4v) is 4.10. The number of anilines is 1. The lowest BCUT2D eigenvalue weighted by Crippen LogP contribution is -2.51. The van der Waals surface area contributed by atoms with Gasteiger partial charge in [-0.1, -0.05) is 6.07 Å². The van der Waals surface area contributed by atoms with E-state index in [-0.39, 0.29) is 11.0 Å². The number of rotatable bonds is 3. The molecule has 2 aromatic heterocycles. The van der Waals surface area contributed by atoms with Crippen LogP contribution in [0.25, 0.3) is 11.0 Å². The molecule has 1 fully saturated rings. The molecular formula is C23H24F3N5O2. The molecule has 1 aliphatic heterocycles. The van der Waals surface area contributed by atoms with Gasteiger partial charge in [0.05, 0.1) is 11.0 Å². The van der Waals surface area contributed by atoms with Crippen molar-refractivity contribution in [1.82, 2.24) is 19.4 Å². The van der Waals surface area contributed by atoms with Gasteiger partial charge in [-0.15, -0.1) is 0 Å². The highest BCUT2D eigenvalue weighted by atomic mass is 19.4. The van der Waals surface area contributed by atoms with Crippen LogP contribution in [0.5, 0.6) is 0 Å². The standard InChI is InChI=1S/C23H24F3N5O2/c1-14-12-17-18(13-15(14)2)31(22(33)20(28-17)23(24,25)26)16(3)21(32)30-10-8-29(9-11-30)19-6-4-5-7-27-19/h4-7,12-13,16H,8-11H2,1-3H3. The van der Waals surface area contributed by atoms with Crippen LogP contribution in [0.15, 0.2) is 41.3 Å². The Balaban J connectivity index is 1.68. The molecule has 0 spiro atoms.